The Bertz CT molecular complexity index is 1440. The van der Waals surface area contributed by atoms with Crippen molar-refractivity contribution >= 4 is 21.7 Å². The van der Waals surface area contributed by atoms with Gasteiger partial charge in [-0.25, -0.2) is 13.4 Å². The number of amides is 1. The maximum atomic E-state index is 13.2. The Morgan fingerprint density at radius 3 is 2.58 bits per heavy atom. The number of hydrogen-bond acceptors (Lipinski definition) is 7. The molecular weight excluding hydrogens is 482 g/mol. The third-order valence-corrected chi connectivity index (χ3v) is 8.89. The second-order valence-corrected chi connectivity index (χ2v) is 11.3. The van der Waals surface area contributed by atoms with E-state index in [-0.39, 0.29) is 25.6 Å². The summed E-state index contributed by atoms with van der Waals surface area (Å²) in [5, 5.41) is 12.6. The lowest BCUT2D eigenvalue weighted by Gasteiger charge is -2.17. The molecule has 3 heterocycles. The van der Waals surface area contributed by atoms with Crippen LogP contribution in [-0.2, 0) is 20.2 Å². The maximum Gasteiger partial charge on any atom is 0.243 e. The number of pyridine rings is 1. The van der Waals surface area contributed by atoms with E-state index in [1.165, 1.54) is 4.31 Å². The van der Waals surface area contributed by atoms with Crippen molar-refractivity contribution in [3.8, 4) is 22.8 Å². The Kier molecular flexibility index (Phi) is 5.47. The van der Waals surface area contributed by atoms with Crippen molar-refractivity contribution in [3.63, 3.8) is 0 Å². The van der Waals surface area contributed by atoms with E-state index in [2.05, 4.69) is 10.3 Å². The van der Waals surface area contributed by atoms with Crippen molar-refractivity contribution in [2.75, 3.05) is 25.2 Å². The molecule has 2 N–H and O–H groups in total. The van der Waals surface area contributed by atoms with Crippen LogP contribution in [0.4, 0.5) is 5.82 Å². The molecule has 1 aromatic heterocycles. The Morgan fingerprint density at radius 2 is 1.86 bits per heavy atom. The summed E-state index contributed by atoms with van der Waals surface area (Å²) in [5.41, 5.74) is 1.62. The van der Waals surface area contributed by atoms with Gasteiger partial charge in [0, 0.05) is 20.1 Å². The average molecular weight is 510 g/mol. The number of hydrogen-bond donors (Lipinski definition) is 2. The van der Waals surface area contributed by atoms with E-state index in [9.17, 15) is 18.3 Å². The van der Waals surface area contributed by atoms with Crippen LogP contribution in [0.3, 0.4) is 0 Å². The highest BCUT2D eigenvalue weighted by Gasteiger charge is 2.51. The van der Waals surface area contributed by atoms with Gasteiger partial charge in [0.1, 0.15) is 5.82 Å². The van der Waals surface area contributed by atoms with E-state index >= 15 is 0 Å². The van der Waals surface area contributed by atoms with Gasteiger partial charge in [0.2, 0.25) is 22.7 Å². The molecule has 1 atom stereocenters. The molecule has 0 bridgehead atoms. The first kappa shape index (κ1) is 23.0. The van der Waals surface area contributed by atoms with Crippen molar-refractivity contribution in [1.82, 2.24) is 9.29 Å². The van der Waals surface area contributed by atoms with E-state index in [1.807, 2.05) is 18.2 Å². The highest BCUT2D eigenvalue weighted by molar-refractivity contribution is 7.89. The predicted molar refractivity (Wildman–Crippen MR) is 133 cm³/mol. The number of carbonyl (C=O) groups is 1. The Morgan fingerprint density at radius 1 is 1.08 bits per heavy atom. The molecule has 188 valence electrons. The number of sulfonamides is 1. The minimum absolute atomic E-state index is 0. The fourth-order valence-corrected chi connectivity index (χ4v) is 6.24. The second kappa shape index (κ2) is 8.58. The predicted octanol–water partition coefficient (Wildman–Crippen LogP) is 3.15. The van der Waals surface area contributed by atoms with Gasteiger partial charge in [-0.05, 0) is 61.2 Å². The zero-order valence-electron chi connectivity index (χ0n) is 19.4. The summed E-state index contributed by atoms with van der Waals surface area (Å²) in [5.74, 6) is 1.63. The molecule has 6 rings (SSSR count). The monoisotopic (exact) mass is 509 g/mol. The van der Waals surface area contributed by atoms with E-state index in [0.29, 0.717) is 36.0 Å². The minimum atomic E-state index is -3.66. The number of aromatic nitrogens is 1. The van der Waals surface area contributed by atoms with E-state index in [0.717, 1.165) is 24.0 Å². The van der Waals surface area contributed by atoms with Gasteiger partial charge in [0.05, 0.1) is 22.1 Å². The number of aliphatic hydroxyl groups is 1. The van der Waals surface area contributed by atoms with Gasteiger partial charge in [-0.1, -0.05) is 24.3 Å². The minimum Gasteiger partial charge on any atom is -0.454 e. The zero-order chi connectivity index (χ0) is 24.9. The molecule has 0 radical (unpaired) electrons. The molecule has 2 aromatic carbocycles. The molecule has 1 aliphatic carbocycles. The number of ether oxygens (including phenoxy) is 2. The highest BCUT2D eigenvalue weighted by Crippen LogP contribution is 2.51. The number of rotatable bonds is 6. The molecule has 2 fully saturated rings. The molecule has 1 unspecified atom stereocenters. The molecule has 3 aromatic rings. The number of anilines is 1. The maximum absolute atomic E-state index is 13.2. The number of nitrogens with zero attached hydrogens (tertiary/aromatic N) is 2. The summed E-state index contributed by atoms with van der Waals surface area (Å²) in [6.45, 7) is 0.604. The van der Waals surface area contributed by atoms with Gasteiger partial charge in [0.25, 0.3) is 0 Å². The van der Waals surface area contributed by atoms with E-state index in [1.54, 1.807) is 42.5 Å². The van der Waals surface area contributed by atoms with Crippen LogP contribution in [0.1, 0.15) is 26.3 Å². The molecule has 0 spiro atoms. The van der Waals surface area contributed by atoms with Crippen LogP contribution in [0, 0.1) is 0 Å². The lowest BCUT2D eigenvalue weighted by atomic mass is 9.94. The Balaban J connectivity index is 0.00000280. The molecule has 36 heavy (non-hydrogen) atoms. The van der Waals surface area contributed by atoms with Crippen LogP contribution in [0.5, 0.6) is 11.5 Å². The third-order valence-electron chi connectivity index (χ3n) is 7.01. The average Bonchev–Trinajstić information content (AvgIpc) is 3.35. The number of benzene rings is 2. The Hall–Kier alpha value is -3.47. The van der Waals surface area contributed by atoms with Gasteiger partial charge in [-0.15, -0.1) is 0 Å². The first-order valence-corrected chi connectivity index (χ1v) is 13.3. The topological polar surface area (TPSA) is 118 Å². The van der Waals surface area contributed by atoms with Crippen molar-refractivity contribution in [1.29, 1.82) is 0 Å². The Labute approximate surface area is 210 Å². The second-order valence-electron chi connectivity index (χ2n) is 9.34. The standard InChI is InChI=1S/C26H25N3O6S.H2/c30-19-10-13-29(15-19)36(32,33)20-7-4-17(5-8-20)21-2-1-3-24(27-21)28-25(31)26(11-12-26)18-6-9-22-23(14-18)35-16-34-22;/h1-9,14,19,30H,10-13,15-16H2,(H,27,28,31);1H. The smallest absolute Gasteiger partial charge is 0.243 e. The van der Waals surface area contributed by atoms with Crippen molar-refractivity contribution in [2.24, 2.45) is 0 Å². The van der Waals surface area contributed by atoms with Crippen molar-refractivity contribution in [3.05, 3.63) is 66.2 Å². The number of nitrogens with one attached hydrogen (secondary N) is 1. The first-order valence-electron chi connectivity index (χ1n) is 11.8. The molecule has 1 saturated heterocycles. The summed E-state index contributed by atoms with van der Waals surface area (Å²) < 4.78 is 37.8. The number of β-amino-alcohol motifs (C(OH)–C–C–N with tert-alkyl or cyclic N) is 1. The summed E-state index contributed by atoms with van der Waals surface area (Å²) in [4.78, 5) is 18.0. The molecule has 2 aliphatic heterocycles. The fraction of sp³-hybridized carbons (Fsp3) is 0.308. The van der Waals surface area contributed by atoms with Crippen LogP contribution in [0.15, 0.2) is 65.6 Å². The summed E-state index contributed by atoms with van der Waals surface area (Å²) in [7, 11) is -3.66. The van der Waals surface area contributed by atoms with Gasteiger partial charge >= 0.3 is 0 Å². The van der Waals surface area contributed by atoms with E-state index < -0.39 is 21.5 Å². The van der Waals surface area contributed by atoms with E-state index in [4.69, 9.17) is 9.47 Å². The highest BCUT2D eigenvalue weighted by atomic mass is 32.2. The summed E-state index contributed by atoms with van der Waals surface area (Å²) >= 11 is 0. The molecule has 1 amide bonds. The molecule has 9 nitrogen and oxygen atoms in total. The first-order chi connectivity index (χ1) is 17.3. The SMILES string of the molecule is O=C(Nc1cccc(-c2ccc(S(=O)(=O)N3CCC(O)C3)cc2)n1)C1(c2ccc3c(c2)OCO3)CC1.[HH]. The van der Waals surface area contributed by atoms with Gasteiger partial charge < -0.3 is 19.9 Å². The normalized spacial score (nSPS) is 20.3. The third kappa shape index (κ3) is 4.01. The lowest BCUT2D eigenvalue weighted by molar-refractivity contribution is -0.118. The lowest BCUT2D eigenvalue weighted by Crippen LogP contribution is -2.29. The van der Waals surface area contributed by atoms with Crippen LogP contribution in [0.25, 0.3) is 11.3 Å². The number of fused-ring (bicyclic) bond motifs is 1. The van der Waals surface area contributed by atoms with Crippen LogP contribution in [0.2, 0.25) is 0 Å². The summed E-state index contributed by atoms with van der Waals surface area (Å²) in [6, 6.07) is 17.4. The van der Waals surface area contributed by atoms with Crippen LogP contribution in [-0.4, -0.2) is 54.7 Å². The fourth-order valence-electron chi connectivity index (χ4n) is 4.74. The molecule has 10 heteroatoms. The van der Waals surface area contributed by atoms with Crippen LogP contribution >= 0.6 is 0 Å². The summed E-state index contributed by atoms with van der Waals surface area (Å²) in [6.07, 6.45) is 1.29. The molecule has 1 saturated carbocycles. The largest absolute Gasteiger partial charge is 0.454 e. The quantitative estimate of drug-likeness (QED) is 0.524. The van der Waals surface area contributed by atoms with Gasteiger partial charge in [-0.3, -0.25) is 4.79 Å². The number of aliphatic hydroxyl groups excluding tert-OH is 1. The molecular formula is C26H27N3O6S. The van der Waals surface area contributed by atoms with Gasteiger partial charge in [0.15, 0.2) is 11.5 Å². The molecule has 3 aliphatic rings. The van der Waals surface area contributed by atoms with Crippen molar-refractivity contribution < 1.29 is 29.2 Å². The van der Waals surface area contributed by atoms with Crippen molar-refractivity contribution in [2.45, 2.75) is 35.7 Å². The zero-order valence-corrected chi connectivity index (χ0v) is 20.2. The number of carbonyl (C=O) groups excluding carboxylic acids is 1. The van der Waals surface area contributed by atoms with Crippen LogP contribution < -0.4 is 14.8 Å². The van der Waals surface area contributed by atoms with Gasteiger partial charge in [-0.2, -0.15) is 4.31 Å².